The second kappa shape index (κ2) is 9.24. The number of urea groups is 1. The normalized spacial score (nSPS) is 17.1. The van der Waals surface area contributed by atoms with Gasteiger partial charge < -0.3 is 14.6 Å². The lowest BCUT2D eigenvalue weighted by atomic mass is 9.94. The number of aryl methyl sites for hydroxylation is 3. The van der Waals surface area contributed by atoms with E-state index in [-0.39, 0.29) is 6.03 Å². The molecule has 3 aromatic carbocycles. The number of fused-ring (bicyclic) bond motifs is 1. The number of allylic oxidation sites excluding steroid dienone is 1. The number of hydrogen-bond donors (Lipinski definition) is 1. The van der Waals surface area contributed by atoms with Gasteiger partial charge in [-0.3, -0.25) is 4.90 Å². The Bertz CT molecular complexity index is 1500. The fourth-order valence-corrected chi connectivity index (χ4v) is 5.23. The van der Waals surface area contributed by atoms with Gasteiger partial charge in [0.05, 0.1) is 24.4 Å². The summed E-state index contributed by atoms with van der Waals surface area (Å²) in [6.45, 7) is 3.98. The lowest BCUT2D eigenvalue weighted by molar-refractivity contribution is 0.244. The molecule has 37 heavy (non-hydrogen) atoms. The van der Waals surface area contributed by atoms with Crippen LogP contribution in [0.4, 0.5) is 10.5 Å². The number of rotatable bonds is 5. The third kappa shape index (κ3) is 4.16. The van der Waals surface area contributed by atoms with E-state index < -0.39 is 6.04 Å². The quantitative estimate of drug-likeness (QED) is 0.356. The summed E-state index contributed by atoms with van der Waals surface area (Å²) in [5, 5.41) is 7.46. The van der Waals surface area contributed by atoms with Crippen LogP contribution in [0.2, 0.25) is 0 Å². The number of aromatic nitrogens is 2. The highest BCUT2D eigenvalue weighted by Gasteiger charge is 2.36. The third-order valence-corrected chi connectivity index (χ3v) is 7.24. The molecule has 0 bridgehead atoms. The highest BCUT2D eigenvalue weighted by molar-refractivity contribution is 6.01. The second-order valence-electron chi connectivity index (χ2n) is 9.59. The van der Waals surface area contributed by atoms with E-state index in [1.165, 1.54) is 11.1 Å². The predicted octanol–water partition coefficient (Wildman–Crippen LogP) is 6.24. The minimum atomic E-state index is -0.463. The fraction of sp³-hybridized carbons (Fsp3) is 0.233. The van der Waals surface area contributed by atoms with E-state index in [1.807, 2.05) is 68.4 Å². The van der Waals surface area contributed by atoms with Crippen molar-refractivity contribution in [2.45, 2.75) is 39.2 Å². The lowest BCUT2D eigenvalue weighted by Crippen LogP contribution is -2.46. The monoisotopic (exact) mass is 492 g/mol. The van der Waals surface area contributed by atoms with Crippen LogP contribution in [0.3, 0.4) is 0 Å². The number of nitrogens with one attached hydrogen (secondary N) is 1. The molecule has 1 aliphatic heterocycles. The number of ether oxygens (including phenoxy) is 1. The number of hydrogen-bond acceptors (Lipinski definition) is 5. The van der Waals surface area contributed by atoms with Gasteiger partial charge in [-0.15, -0.1) is 0 Å². The fourth-order valence-electron chi connectivity index (χ4n) is 5.23. The molecule has 0 spiro atoms. The van der Waals surface area contributed by atoms with Crippen molar-refractivity contribution < 1.29 is 14.1 Å². The molecule has 1 N–H and O–H groups in total. The largest absolute Gasteiger partial charge is 0.497 e. The van der Waals surface area contributed by atoms with Crippen LogP contribution in [-0.4, -0.2) is 23.3 Å². The van der Waals surface area contributed by atoms with Gasteiger partial charge in [0.15, 0.2) is 0 Å². The average molecular weight is 493 g/mol. The van der Waals surface area contributed by atoms with Gasteiger partial charge in [0.2, 0.25) is 5.82 Å². The van der Waals surface area contributed by atoms with Crippen molar-refractivity contribution in [3.05, 3.63) is 101 Å². The minimum Gasteiger partial charge on any atom is -0.497 e. The molecule has 1 atom stereocenters. The zero-order valence-corrected chi connectivity index (χ0v) is 21.1. The molecule has 186 valence electrons. The highest BCUT2D eigenvalue weighted by atomic mass is 16.5. The molecule has 7 nitrogen and oxygen atoms in total. The molecule has 0 saturated carbocycles. The Hall–Kier alpha value is -4.39. The number of methoxy groups -OCH3 is 1. The van der Waals surface area contributed by atoms with Crippen molar-refractivity contribution in [1.82, 2.24) is 15.5 Å². The van der Waals surface area contributed by atoms with Gasteiger partial charge in [0.25, 0.3) is 5.89 Å². The summed E-state index contributed by atoms with van der Waals surface area (Å²) < 4.78 is 11.2. The maximum absolute atomic E-state index is 13.5. The first-order chi connectivity index (χ1) is 18.0. The van der Waals surface area contributed by atoms with Gasteiger partial charge in [-0.05, 0) is 74.1 Å². The first-order valence-corrected chi connectivity index (χ1v) is 12.5. The second-order valence-corrected chi connectivity index (χ2v) is 9.59. The number of nitrogens with zero attached hydrogens (tertiary/aromatic N) is 3. The van der Waals surface area contributed by atoms with Crippen molar-refractivity contribution in [3.63, 3.8) is 0 Å². The van der Waals surface area contributed by atoms with E-state index in [0.717, 1.165) is 58.7 Å². The van der Waals surface area contributed by atoms with Gasteiger partial charge in [0.1, 0.15) is 5.75 Å². The summed E-state index contributed by atoms with van der Waals surface area (Å²) in [5.41, 5.74) is 7.93. The van der Waals surface area contributed by atoms with Gasteiger partial charge in [-0.25, -0.2) is 4.79 Å². The Morgan fingerprint density at radius 1 is 0.973 bits per heavy atom. The molecule has 0 saturated heterocycles. The molecule has 7 heteroatoms. The van der Waals surface area contributed by atoms with E-state index >= 15 is 0 Å². The third-order valence-electron chi connectivity index (χ3n) is 7.24. The van der Waals surface area contributed by atoms with Crippen LogP contribution >= 0.6 is 0 Å². The zero-order valence-electron chi connectivity index (χ0n) is 21.1. The smallest absolute Gasteiger partial charge is 0.326 e. The number of carbonyl (C=O) groups is 1. The Labute approximate surface area is 215 Å². The summed E-state index contributed by atoms with van der Waals surface area (Å²) in [6, 6.07) is 21.3. The highest BCUT2D eigenvalue weighted by Crippen LogP contribution is 2.40. The van der Waals surface area contributed by atoms with Gasteiger partial charge in [-0.1, -0.05) is 53.2 Å². The topological polar surface area (TPSA) is 80.5 Å². The van der Waals surface area contributed by atoms with Crippen LogP contribution < -0.4 is 15.0 Å². The molecule has 0 radical (unpaired) electrons. The van der Waals surface area contributed by atoms with Gasteiger partial charge >= 0.3 is 6.03 Å². The van der Waals surface area contributed by atoms with Crippen LogP contribution in [0.5, 0.6) is 5.75 Å². The summed E-state index contributed by atoms with van der Waals surface area (Å²) in [7, 11) is 1.63. The Morgan fingerprint density at radius 3 is 2.49 bits per heavy atom. The Kier molecular flexibility index (Phi) is 5.75. The van der Waals surface area contributed by atoms with Crippen LogP contribution in [0, 0.1) is 6.92 Å². The van der Waals surface area contributed by atoms with Crippen LogP contribution in [-0.2, 0) is 12.8 Å². The molecule has 2 heterocycles. The summed E-state index contributed by atoms with van der Waals surface area (Å²) in [6.07, 6.45) is 3.27. The van der Waals surface area contributed by atoms with E-state index in [9.17, 15) is 4.79 Å². The molecule has 4 aromatic rings. The van der Waals surface area contributed by atoms with E-state index in [4.69, 9.17) is 14.2 Å². The van der Waals surface area contributed by atoms with Crippen molar-refractivity contribution in [3.8, 4) is 17.1 Å². The Balaban J connectivity index is 1.47. The molecule has 2 aliphatic rings. The molecule has 1 aromatic heterocycles. The van der Waals surface area contributed by atoms with E-state index in [2.05, 4.69) is 22.6 Å². The minimum absolute atomic E-state index is 0.196. The summed E-state index contributed by atoms with van der Waals surface area (Å²) in [5.74, 6) is 1.62. The predicted molar refractivity (Wildman–Crippen MR) is 142 cm³/mol. The maximum Gasteiger partial charge on any atom is 0.326 e. The van der Waals surface area contributed by atoms with E-state index in [1.54, 1.807) is 12.0 Å². The number of carbonyl (C=O) groups excluding carboxylic acids is 1. The van der Waals surface area contributed by atoms with Crippen molar-refractivity contribution >= 4 is 17.3 Å². The van der Waals surface area contributed by atoms with Gasteiger partial charge in [-0.2, -0.15) is 4.98 Å². The molecule has 1 aliphatic carbocycles. The lowest BCUT2D eigenvalue weighted by Gasteiger charge is -2.35. The number of anilines is 1. The summed E-state index contributed by atoms with van der Waals surface area (Å²) >= 11 is 0. The first kappa shape index (κ1) is 23.0. The average Bonchev–Trinajstić information content (AvgIpc) is 3.59. The Morgan fingerprint density at radius 2 is 1.73 bits per heavy atom. The SMILES string of the molecule is COc1ccc(C2NC(=O)N(c3ccc4c(c3)CCC4)C(C)=C2c2nc(-c3ccc(C)cc3)no2)cc1. The summed E-state index contributed by atoms with van der Waals surface area (Å²) in [4.78, 5) is 20.0. The van der Waals surface area contributed by atoms with E-state index in [0.29, 0.717) is 11.7 Å². The van der Waals surface area contributed by atoms with Crippen LogP contribution in [0.1, 0.15) is 47.5 Å². The molecule has 6 rings (SSSR count). The molecular weight excluding hydrogens is 464 g/mol. The molecule has 0 fully saturated rings. The number of amides is 2. The molecule has 2 amide bonds. The van der Waals surface area contributed by atoms with Crippen molar-refractivity contribution in [2.24, 2.45) is 0 Å². The van der Waals surface area contributed by atoms with Crippen LogP contribution in [0.15, 0.2) is 77.0 Å². The molecular formula is C30H28N4O3. The number of benzene rings is 3. The van der Waals surface area contributed by atoms with Crippen LogP contribution in [0.25, 0.3) is 17.0 Å². The first-order valence-electron chi connectivity index (χ1n) is 12.5. The zero-order chi connectivity index (χ0) is 25.5. The van der Waals surface area contributed by atoms with Crippen molar-refractivity contribution in [2.75, 3.05) is 12.0 Å². The van der Waals surface area contributed by atoms with Crippen molar-refractivity contribution in [1.29, 1.82) is 0 Å². The molecule has 1 unspecified atom stereocenters. The standard InChI is InChI=1S/C30H28N4O3/c1-18-7-9-22(10-8-18)28-32-29(37-33-28)26-19(2)34(24-14-11-20-5-4-6-23(20)17-24)30(35)31-27(26)21-12-15-25(36-3)16-13-21/h7-17,27H,4-6H2,1-3H3,(H,31,35). The van der Waals surface area contributed by atoms with Gasteiger partial charge in [0, 0.05) is 11.3 Å². The maximum atomic E-state index is 13.5.